The predicted octanol–water partition coefficient (Wildman–Crippen LogP) is 4.38. The summed E-state index contributed by atoms with van der Waals surface area (Å²) in [6, 6.07) is 15.7. The standard InChI is InChI=1S/C22H24N4O/c1-14-9-7-11-19(16(14)3)26-21-12-20(24-17(4)25-21)22(27)23-13-18-10-6-5-8-15(18)2/h5-12H,13H2,1-4H3,(H,23,27)(H,24,25,26). The predicted molar refractivity (Wildman–Crippen MR) is 108 cm³/mol. The Hall–Kier alpha value is -3.21. The van der Waals surface area contributed by atoms with E-state index in [2.05, 4.69) is 40.5 Å². The summed E-state index contributed by atoms with van der Waals surface area (Å²) in [5.41, 5.74) is 5.91. The molecule has 0 aliphatic rings. The molecule has 2 aromatic carbocycles. The first-order valence-electron chi connectivity index (χ1n) is 8.95. The zero-order chi connectivity index (χ0) is 19.4. The Bertz CT molecular complexity index is 982. The van der Waals surface area contributed by atoms with Crippen molar-refractivity contribution in [3.05, 3.63) is 82.3 Å². The van der Waals surface area contributed by atoms with E-state index in [1.807, 2.05) is 43.3 Å². The molecule has 0 unspecified atom stereocenters. The number of nitrogens with zero attached hydrogens (tertiary/aromatic N) is 2. The van der Waals surface area contributed by atoms with E-state index in [4.69, 9.17) is 0 Å². The molecule has 1 heterocycles. The van der Waals surface area contributed by atoms with E-state index in [-0.39, 0.29) is 5.91 Å². The van der Waals surface area contributed by atoms with Crippen molar-refractivity contribution in [2.24, 2.45) is 0 Å². The molecule has 3 aromatic rings. The smallest absolute Gasteiger partial charge is 0.270 e. The zero-order valence-electron chi connectivity index (χ0n) is 16.1. The number of rotatable bonds is 5. The first-order valence-corrected chi connectivity index (χ1v) is 8.95. The summed E-state index contributed by atoms with van der Waals surface area (Å²) >= 11 is 0. The van der Waals surface area contributed by atoms with Gasteiger partial charge in [0.15, 0.2) is 0 Å². The molecule has 1 amide bonds. The van der Waals surface area contributed by atoms with Gasteiger partial charge in [0.1, 0.15) is 17.3 Å². The van der Waals surface area contributed by atoms with E-state index >= 15 is 0 Å². The summed E-state index contributed by atoms with van der Waals surface area (Å²) in [4.78, 5) is 21.3. The van der Waals surface area contributed by atoms with Crippen molar-refractivity contribution in [2.75, 3.05) is 5.32 Å². The fourth-order valence-corrected chi connectivity index (χ4v) is 2.85. The van der Waals surface area contributed by atoms with E-state index in [0.717, 1.165) is 22.4 Å². The van der Waals surface area contributed by atoms with Gasteiger partial charge in [-0.2, -0.15) is 0 Å². The minimum atomic E-state index is -0.215. The van der Waals surface area contributed by atoms with Crippen LogP contribution in [0.15, 0.2) is 48.5 Å². The lowest BCUT2D eigenvalue weighted by molar-refractivity contribution is 0.0945. The maximum Gasteiger partial charge on any atom is 0.270 e. The Morgan fingerprint density at radius 2 is 1.67 bits per heavy atom. The van der Waals surface area contributed by atoms with E-state index < -0.39 is 0 Å². The molecule has 138 valence electrons. The number of amides is 1. The average molecular weight is 360 g/mol. The lowest BCUT2D eigenvalue weighted by atomic mass is 10.1. The number of carbonyl (C=O) groups is 1. The lowest BCUT2D eigenvalue weighted by Gasteiger charge is -2.12. The van der Waals surface area contributed by atoms with Crippen molar-refractivity contribution in [3.8, 4) is 0 Å². The minimum Gasteiger partial charge on any atom is -0.347 e. The molecule has 0 bridgehead atoms. The Morgan fingerprint density at radius 1 is 0.926 bits per heavy atom. The van der Waals surface area contributed by atoms with E-state index in [9.17, 15) is 4.79 Å². The van der Waals surface area contributed by atoms with Crippen LogP contribution in [0.1, 0.15) is 38.6 Å². The van der Waals surface area contributed by atoms with Gasteiger partial charge < -0.3 is 10.6 Å². The van der Waals surface area contributed by atoms with Crippen molar-refractivity contribution in [1.29, 1.82) is 0 Å². The fraction of sp³-hybridized carbons (Fsp3) is 0.227. The van der Waals surface area contributed by atoms with Crippen LogP contribution in [0.3, 0.4) is 0 Å². The summed E-state index contributed by atoms with van der Waals surface area (Å²) < 4.78 is 0. The highest BCUT2D eigenvalue weighted by Crippen LogP contribution is 2.22. The molecule has 0 saturated heterocycles. The van der Waals surface area contributed by atoms with Gasteiger partial charge in [-0.25, -0.2) is 9.97 Å². The molecular weight excluding hydrogens is 336 g/mol. The lowest BCUT2D eigenvalue weighted by Crippen LogP contribution is -2.24. The van der Waals surface area contributed by atoms with E-state index in [1.54, 1.807) is 13.0 Å². The Kier molecular flexibility index (Phi) is 5.50. The van der Waals surface area contributed by atoms with Crippen LogP contribution in [0.5, 0.6) is 0 Å². The highest BCUT2D eigenvalue weighted by molar-refractivity contribution is 5.93. The van der Waals surface area contributed by atoms with Crippen LogP contribution in [0.2, 0.25) is 0 Å². The third-order valence-corrected chi connectivity index (χ3v) is 4.64. The van der Waals surface area contributed by atoms with Gasteiger partial charge in [0, 0.05) is 18.3 Å². The first-order chi connectivity index (χ1) is 12.9. The number of hydrogen-bond acceptors (Lipinski definition) is 4. The van der Waals surface area contributed by atoms with Gasteiger partial charge >= 0.3 is 0 Å². The Morgan fingerprint density at radius 3 is 2.44 bits per heavy atom. The molecule has 0 aliphatic carbocycles. The van der Waals surface area contributed by atoms with Gasteiger partial charge in [0.25, 0.3) is 5.91 Å². The molecule has 0 aliphatic heterocycles. The monoisotopic (exact) mass is 360 g/mol. The summed E-state index contributed by atoms with van der Waals surface area (Å²) in [7, 11) is 0. The number of benzene rings is 2. The second kappa shape index (κ2) is 7.99. The molecule has 0 radical (unpaired) electrons. The van der Waals surface area contributed by atoms with Gasteiger partial charge in [0.05, 0.1) is 0 Å². The van der Waals surface area contributed by atoms with E-state index in [0.29, 0.717) is 23.9 Å². The van der Waals surface area contributed by atoms with Crippen LogP contribution in [-0.4, -0.2) is 15.9 Å². The van der Waals surface area contributed by atoms with Crippen LogP contribution in [0.25, 0.3) is 0 Å². The van der Waals surface area contributed by atoms with Crippen molar-refractivity contribution in [3.63, 3.8) is 0 Å². The van der Waals surface area contributed by atoms with Crippen molar-refractivity contribution in [1.82, 2.24) is 15.3 Å². The van der Waals surface area contributed by atoms with Crippen LogP contribution in [0.4, 0.5) is 11.5 Å². The van der Waals surface area contributed by atoms with Gasteiger partial charge in [0.2, 0.25) is 0 Å². The molecule has 0 atom stereocenters. The molecule has 5 heteroatoms. The number of anilines is 2. The number of aromatic nitrogens is 2. The third-order valence-electron chi connectivity index (χ3n) is 4.64. The fourth-order valence-electron chi connectivity index (χ4n) is 2.85. The van der Waals surface area contributed by atoms with Crippen LogP contribution in [-0.2, 0) is 6.54 Å². The highest BCUT2D eigenvalue weighted by atomic mass is 16.1. The molecule has 27 heavy (non-hydrogen) atoms. The molecule has 5 nitrogen and oxygen atoms in total. The quantitative estimate of drug-likeness (QED) is 0.708. The maximum atomic E-state index is 12.6. The first kappa shape index (κ1) is 18.6. The van der Waals surface area contributed by atoms with Crippen LogP contribution >= 0.6 is 0 Å². The molecule has 3 rings (SSSR count). The number of carbonyl (C=O) groups excluding carboxylic acids is 1. The summed E-state index contributed by atoms with van der Waals surface area (Å²) in [5, 5.41) is 6.24. The Balaban J connectivity index is 1.77. The molecule has 2 N–H and O–H groups in total. The molecule has 0 saturated carbocycles. The van der Waals surface area contributed by atoms with Crippen molar-refractivity contribution in [2.45, 2.75) is 34.2 Å². The maximum absolute atomic E-state index is 12.6. The highest BCUT2D eigenvalue weighted by Gasteiger charge is 2.12. The SMILES string of the molecule is Cc1nc(Nc2cccc(C)c2C)cc(C(=O)NCc2ccccc2C)n1. The van der Waals surface area contributed by atoms with E-state index in [1.165, 1.54) is 5.56 Å². The molecule has 0 fully saturated rings. The van der Waals surface area contributed by atoms with Crippen LogP contribution in [0, 0.1) is 27.7 Å². The molecular formula is C22H24N4O. The normalized spacial score (nSPS) is 10.5. The summed E-state index contributed by atoms with van der Waals surface area (Å²) in [6.45, 7) is 8.40. The van der Waals surface area contributed by atoms with Crippen LogP contribution < -0.4 is 10.6 Å². The Labute approximate surface area is 159 Å². The molecule has 1 aromatic heterocycles. The molecule has 0 spiro atoms. The summed E-state index contributed by atoms with van der Waals surface area (Å²) in [5.74, 6) is 0.941. The number of nitrogens with one attached hydrogen (secondary N) is 2. The average Bonchev–Trinajstić information content (AvgIpc) is 2.64. The van der Waals surface area contributed by atoms with Crippen molar-refractivity contribution >= 4 is 17.4 Å². The minimum absolute atomic E-state index is 0.215. The van der Waals surface area contributed by atoms with Crippen molar-refractivity contribution < 1.29 is 4.79 Å². The summed E-state index contributed by atoms with van der Waals surface area (Å²) in [6.07, 6.45) is 0. The second-order valence-electron chi connectivity index (χ2n) is 6.67. The van der Waals surface area contributed by atoms with Gasteiger partial charge in [-0.1, -0.05) is 36.4 Å². The number of hydrogen-bond donors (Lipinski definition) is 2. The third kappa shape index (κ3) is 4.50. The topological polar surface area (TPSA) is 66.9 Å². The van der Waals surface area contributed by atoms with Gasteiger partial charge in [-0.05, 0) is 56.0 Å². The largest absolute Gasteiger partial charge is 0.347 e. The zero-order valence-corrected chi connectivity index (χ0v) is 16.1. The second-order valence-corrected chi connectivity index (χ2v) is 6.67. The van der Waals surface area contributed by atoms with Gasteiger partial charge in [-0.15, -0.1) is 0 Å². The van der Waals surface area contributed by atoms with Gasteiger partial charge in [-0.3, -0.25) is 4.79 Å². The number of aryl methyl sites for hydroxylation is 3.